The second-order valence-electron chi connectivity index (χ2n) is 4.12. The van der Waals surface area contributed by atoms with Crippen molar-refractivity contribution in [2.24, 2.45) is 0 Å². The molecular weight excluding hydrogens is 216 g/mol. The summed E-state index contributed by atoms with van der Waals surface area (Å²) in [5, 5.41) is 8.81. The number of amides is 1. The number of hydrogen-bond acceptors (Lipinski definition) is 3. The van der Waals surface area contributed by atoms with Crippen molar-refractivity contribution in [3.05, 3.63) is 35.4 Å². The SMILES string of the molecule is C[C@@H]1COCCN1C(=O)c1cccc(C#N)c1. The molecule has 0 aromatic heterocycles. The molecule has 1 aliphatic rings. The van der Waals surface area contributed by atoms with Crippen molar-refractivity contribution in [1.82, 2.24) is 4.90 Å². The Morgan fingerprint density at radius 2 is 2.41 bits per heavy atom. The summed E-state index contributed by atoms with van der Waals surface area (Å²) >= 11 is 0. The lowest BCUT2D eigenvalue weighted by Crippen LogP contribution is -2.47. The van der Waals surface area contributed by atoms with Gasteiger partial charge < -0.3 is 9.64 Å². The molecule has 1 atom stereocenters. The fraction of sp³-hybridized carbons (Fsp3) is 0.385. The molecule has 88 valence electrons. The van der Waals surface area contributed by atoms with Crippen LogP contribution in [0.25, 0.3) is 0 Å². The Bertz CT molecular complexity index is 465. The number of morpholine rings is 1. The second-order valence-corrected chi connectivity index (χ2v) is 4.12. The fourth-order valence-corrected chi connectivity index (χ4v) is 1.92. The van der Waals surface area contributed by atoms with E-state index in [0.717, 1.165) is 0 Å². The summed E-state index contributed by atoms with van der Waals surface area (Å²) in [5.41, 5.74) is 1.08. The van der Waals surface area contributed by atoms with Crippen LogP contribution in [0.4, 0.5) is 0 Å². The molecule has 1 aromatic carbocycles. The number of nitrogens with zero attached hydrogens (tertiary/aromatic N) is 2. The molecule has 1 amide bonds. The van der Waals surface area contributed by atoms with E-state index in [1.165, 1.54) is 0 Å². The number of benzene rings is 1. The summed E-state index contributed by atoms with van der Waals surface area (Å²) < 4.78 is 5.30. The van der Waals surface area contributed by atoms with E-state index >= 15 is 0 Å². The number of rotatable bonds is 1. The lowest BCUT2D eigenvalue weighted by molar-refractivity contribution is 0.00359. The van der Waals surface area contributed by atoms with Gasteiger partial charge in [-0.2, -0.15) is 5.26 Å². The molecule has 0 saturated carbocycles. The topological polar surface area (TPSA) is 53.3 Å². The van der Waals surface area contributed by atoms with Gasteiger partial charge in [-0.1, -0.05) is 6.07 Å². The summed E-state index contributed by atoms with van der Waals surface area (Å²) in [7, 11) is 0. The normalized spacial score (nSPS) is 19.8. The highest BCUT2D eigenvalue weighted by Gasteiger charge is 2.24. The molecule has 1 fully saturated rings. The van der Waals surface area contributed by atoms with Gasteiger partial charge in [0.1, 0.15) is 0 Å². The van der Waals surface area contributed by atoms with Gasteiger partial charge in [0.2, 0.25) is 0 Å². The van der Waals surface area contributed by atoms with Gasteiger partial charge in [-0.05, 0) is 25.1 Å². The van der Waals surface area contributed by atoms with E-state index < -0.39 is 0 Å². The highest BCUT2D eigenvalue weighted by atomic mass is 16.5. The zero-order valence-corrected chi connectivity index (χ0v) is 9.72. The van der Waals surface area contributed by atoms with Gasteiger partial charge in [-0.25, -0.2) is 0 Å². The Labute approximate surface area is 100 Å². The van der Waals surface area contributed by atoms with E-state index in [1.54, 1.807) is 29.2 Å². The molecule has 0 bridgehead atoms. The van der Waals surface area contributed by atoms with E-state index in [2.05, 4.69) is 0 Å². The molecule has 2 rings (SSSR count). The zero-order chi connectivity index (χ0) is 12.3. The first-order valence-electron chi connectivity index (χ1n) is 5.61. The third-order valence-electron chi connectivity index (χ3n) is 2.87. The minimum absolute atomic E-state index is 0.0297. The van der Waals surface area contributed by atoms with Crippen molar-refractivity contribution in [3.63, 3.8) is 0 Å². The van der Waals surface area contributed by atoms with Gasteiger partial charge in [0.25, 0.3) is 5.91 Å². The molecule has 0 N–H and O–H groups in total. The van der Waals surface area contributed by atoms with Crippen molar-refractivity contribution in [2.75, 3.05) is 19.8 Å². The molecule has 1 heterocycles. The summed E-state index contributed by atoms with van der Waals surface area (Å²) in [6.07, 6.45) is 0. The summed E-state index contributed by atoms with van der Waals surface area (Å²) in [4.78, 5) is 14.0. The maximum Gasteiger partial charge on any atom is 0.254 e. The first-order valence-corrected chi connectivity index (χ1v) is 5.61. The average Bonchev–Trinajstić information content (AvgIpc) is 2.38. The Balaban J connectivity index is 2.21. The van der Waals surface area contributed by atoms with Crippen molar-refractivity contribution in [2.45, 2.75) is 13.0 Å². The van der Waals surface area contributed by atoms with E-state index in [-0.39, 0.29) is 11.9 Å². The molecule has 0 unspecified atom stereocenters. The Morgan fingerprint density at radius 1 is 1.59 bits per heavy atom. The first-order chi connectivity index (χ1) is 8.22. The third kappa shape index (κ3) is 2.45. The van der Waals surface area contributed by atoms with E-state index in [9.17, 15) is 4.79 Å². The largest absolute Gasteiger partial charge is 0.377 e. The molecule has 4 heteroatoms. The van der Waals surface area contributed by atoms with Gasteiger partial charge >= 0.3 is 0 Å². The molecule has 4 nitrogen and oxygen atoms in total. The first kappa shape index (κ1) is 11.6. The predicted molar refractivity (Wildman–Crippen MR) is 62.5 cm³/mol. The molecule has 0 spiro atoms. The molecular formula is C13H14N2O2. The van der Waals surface area contributed by atoms with Crippen LogP contribution in [0.15, 0.2) is 24.3 Å². The minimum Gasteiger partial charge on any atom is -0.377 e. The van der Waals surface area contributed by atoms with E-state index in [0.29, 0.717) is 30.9 Å². The number of ether oxygens (including phenoxy) is 1. The highest BCUT2D eigenvalue weighted by Crippen LogP contribution is 2.13. The Hall–Kier alpha value is -1.86. The van der Waals surface area contributed by atoms with Crippen LogP contribution >= 0.6 is 0 Å². The molecule has 1 saturated heterocycles. The maximum absolute atomic E-state index is 12.2. The number of carbonyl (C=O) groups excluding carboxylic acids is 1. The summed E-state index contributed by atoms with van der Waals surface area (Å²) in [6, 6.07) is 8.92. The molecule has 1 aliphatic heterocycles. The van der Waals surface area contributed by atoms with Gasteiger partial charge in [0.15, 0.2) is 0 Å². The van der Waals surface area contributed by atoms with Crippen LogP contribution in [-0.2, 0) is 4.74 Å². The minimum atomic E-state index is -0.0297. The highest BCUT2D eigenvalue weighted by molar-refractivity contribution is 5.94. The molecule has 17 heavy (non-hydrogen) atoms. The Kier molecular flexibility index (Phi) is 3.40. The van der Waals surface area contributed by atoms with Gasteiger partial charge in [-0.3, -0.25) is 4.79 Å². The maximum atomic E-state index is 12.2. The van der Waals surface area contributed by atoms with Gasteiger partial charge in [0.05, 0.1) is 30.9 Å². The zero-order valence-electron chi connectivity index (χ0n) is 9.72. The average molecular weight is 230 g/mol. The van der Waals surface area contributed by atoms with Crippen molar-refractivity contribution in [1.29, 1.82) is 5.26 Å². The lowest BCUT2D eigenvalue weighted by Gasteiger charge is -2.33. The third-order valence-corrected chi connectivity index (χ3v) is 2.87. The standard InChI is InChI=1S/C13H14N2O2/c1-10-9-17-6-5-15(10)13(16)12-4-2-3-11(7-12)8-14/h2-4,7,10H,5-6,9H2,1H3/t10-/m1/s1. The van der Waals surface area contributed by atoms with Crippen molar-refractivity contribution in [3.8, 4) is 6.07 Å². The molecule has 1 aromatic rings. The number of hydrogen-bond donors (Lipinski definition) is 0. The van der Waals surface area contributed by atoms with Crippen molar-refractivity contribution < 1.29 is 9.53 Å². The van der Waals surface area contributed by atoms with Crippen LogP contribution in [0, 0.1) is 11.3 Å². The van der Waals surface area contributed by atoms with E-state index in [4.69, 9.17) is 10.00 Å². The smallest absolute Gasteiger partial charge is 0.254 e. The van der Waals surface area contributed by atoms with Crippen LogP contribution in [0.2, 0.25) is 0 Å². The van der Waals surface area contributed by atoms with Crippen LogP contribution in [0.3, 0.4) is 0 Å². The lowest BCUT2D eigenvalue weighted by atomic mass is 10.1. The monoisotopic (exact) mass is 230 g/mol. The number of nitriles is 1. The van der Waals surface area contributed by atoms with E-state index in [1.807, 2.05) is 13.0 Å². The van der Waals surface area contributed by atoms with Crippen LogP contribution < -0.4 is 0 Å². The van der Waals surface area contributed by atoms with Gasteiger partial charge in [-0.15, -0.1) is 0 Å². The molecule has 0 radical (unpaired) electrons. The summed E-state index contributed by atoms with van der Waals surface area (Å²) in [5.74, 6) is -0.0297. The fourth-order valence-electron chi connectivity index (χ4n) is 1.92. The predicted octanol–water partition coefficient (Wildman–Crippen LogP) is 1.42. The van der Waals surface area contributed by atoms with Crippen LogP contribution in [0.5, 0.6) is 0 Å². The second kappa shape index (κ2) is 4.98. The molecule has 0 aliphatic carbocycles. The Morgan fingerprint density at radius 3 is 3.12 bits per heavy atom. The van der Waals surface area contributed by atoms with Gasteiger partial charge in [0, 0.05) is 12.1 Å². The summed E-state index contributed by atoms with van der Waals surface area (Å²) in [6.45, 7) is 3.72. The van der Waals surface area contributed by atoms with Crippen LogP contribution in [0.1, 0.15) is 22.8 Å². The van der Waals surface area contributed by atoms with Crippen LogP contribution in [-0.4, -0.2) is 36.6 Å². The number of carbonyl (C=O) groups is 1. The quantitative estimate of drug-likeness (QED) is 0.733. The van der Waals surface area contributed by atoms with Crippen molar-refractivity contribution >= 4 is 5.91 Å².